The van der Waals surface area contributed by atoms with E-state index >= 15 is 0 Å². The number of aryl methyl sites for hydroxylation is 2. The molecular weight excluding hydrogens is 893 g/mol. The van der Waals surface area contributed by atoms with Gasteiger partial charge in [0.1, 0.15) is 0 Å². The number of hydrogen-bond donors (Lipinski definition) is 0. The van der Waals surface area contributed by atoms with Crippen LogP contribution in [-0.4, -0.2) is 23.3 Å². The van der Waals surface area contributed by atoms with Crippen LogP contribution >= 0.6 is 27.4 Å². The summed E-state index contributed by atoms with van der Waals surface area (Å²) in [6.45, 7) is 8.76. The summed E-state index contributed by atoms with van der Waals surface area (Å²) < 4.78 is 0. The molecule has 0 saturated heterocycles. The van der Waals surface area contributed by atoms with E-state index in [4.69, 9.17) is 9.97 Å². The molecule has 1 aromatic heterocycles. The van der Waals surface area contributed by atoms with Crippen molar-refractivity contribution in [2.45, 2.75) is 13.8 Å². The maximum atomic E-state index is 5.33. The van der Waals surface area contributed by atoms with Gasteiger partial charge in [0.2, 0.25) is 0 Å². The summed E-state index contributed by atoms with van der Waals surface area (Å²) in [4.78, 5) is 10.3. The van der Waals surface area contributed by atoms with Gasteiger partial charge >= 0.3 is 35.1 Å². The van der Waals surface area contributed by atoms with E-state index < -0.39 is 0 Å². The molecule has 0 aliphatic heterocycles. The van der Waals surface area contributed by atoms with Crippen molar-refractivity contribution in [2.75, 3.05) is 13.3 Å². The first-order valence-corrected chi connectivity index (χ1v) is 25.0. The van der Waals surface area contributed by atoms with Crippen molar-refractivity contribution < 1.29 is 15.6 Å². The monoisotopic (exact) mass is 932 g/mol. The molecule has 8 aromatic carbocycles. The number of rotatable bonds is 5. The normalized spacial score (nSPS) is 10.9. The number of nitrogens with zero attached hydrogens (tertiary/aromatic N) is 2. The number of benzene rings is 8. The first-order chi connectivity index (χ1) is 26.9. The van der Waals surface area contributed by atoms with Crippen LogP contribution in [0.25, 0.3) is 77.2 Å². The number of hydrogen-bond acceptors (Lipinski definition) is 2. The van der Waals surface area contributed by atoms with Crippen molar-refractivity contribution in [3.63, 3.8) is 0 Å². The van der Waals surface area contributed by atoms with Crippen LogP contribution in [0.4, 0.5) is 0 Å². The molecular formula is C50H40IN2PPd. The zero-order valence-electron chi connectivity index (χ0n) is 31.2. The summed E-state index contributed by atoms with van der Waals surface area (Å²) in [6, 6.07) is 60.4. The molecule has 0 spiro atoms. The van der Waals surface area contributed by atoms with E-state index in [1.165, 1.54) is 43.7 Å². The van der Waals surface area contributed by atoms with Crippen molar-refractivity contribution in [3.05, 3.63) is 187 Å². The summed E-state index contributed by atoms with van der Waals surface area (Å²) in [6.07, 6.45) is 3.36. The molecule has 55 heavy (non-hydrogen) atoms. The van der Waals surface area contributed by atoms with Crippen LogP contribution in [0.5, 0.6) is 0 Å². The van der Waals surface area contributed by atoms with Crippen molar-refractivity contribution in [2.24, 2.45) is 0 Å². The van der Waals surface area contributed by atoms with Gasteiger partial charge in [0.15, 0.2) is 0 Å². The molecule has 9 rings (SSSR count). The molecule has 0 radical (unpaired) electrons. The van der Waals surface area contributed by atoms with E-state index in [0.29, 0.717) is 0 Å². The second kappa shape index (κ2) is 17.9. The van der Waals surface area contributed by atoms with Crippen LogP contribution < -0.4 is 5.30 Å². The SMILES string of the molecule is CP(C)c1ccccc1.Cc1ccc(-c2ccc(-c3ccc(C)cc3)c3nc(-c4cc(-c5cccc6ccccc56)c5ccccc5c4)[c-]nc23)cc1.[Pd+][I]. The molecule has 0 saturated carbocycles. The first-order valence-electron chi connectivity index (χ1n) is 18.1. The summed E-state index contributed by atoms with van der Waals surface area (Å²) >= 11 is 4.72. The molecule has 0 fully saturated rings. The van der Waals surface area contributed by atoms with Crippen molar-refractivity contribution in [1.82, 2.24) is 9.97 Å². The zero-order valence-corrected chi connectivity index (χ0v) is 35.8. The Bertz CT molecular complexity index is 2710. The maximum absolute atomic E-state index is 5.33. The molecule has 5 heteroatoms. The third kappa shape index (κ3) is 8.65. The van der Waals surface area contributed by atoms with E-state index in [9.17, 15) is 0 Å². The second-order valence-corrected chi connectivity index (χ2v) is 16.1. The van der Waals surface area contributed by atoms with Crippen LogP contribution in [0.15, 0.2) is 170 Å². The average Bonchev–Trinajstić information content (AvgIpc) is 3.24. The Morgan fingerprint density at radius 1 is 0.473 bits per heavy atom. The fourth-order valence-electron chi connectivity index (χ4n) is 6.97. The van der Waals surface area contributed by atoms with E-state index in [0.717, 1.165) is 49.9 Å². The number of halogens is 1. The Morgan fingerprint density at radius 2 is 1.00 bits per heavy atom. The number of aromatic nitrogens is 2. The quantitative estimate of drug-likeness (QED) is 0.0744. The standard InChI is InChI=1S/C42H29N2.C8H11P.HI.Pd/c1-27-14-18-30(19-15-27)36-22-23-37(31-20-16-28(2)17-21-31)42-41(36)43-26-40(44-42)33-24-32-9-4-6-12-35(32)39(25-33)38-13-7-10-29-8-3-5-11-34(29)38;1-9(2)8-6-4-3-5-7-8;;/h3-25H,1-2H3;3-7H,1-2H3;1H;/q-1;;;+2/p-1. The Morgan fingerprint density at radius 3 is 1.60 bits per heavy atom. The Labute approximate surface area is 347 Å². The van der Waals surface area contributed by atoms with Crippen LogP contribution in [0, 0.1) is 20.0 Å². The topological polar surface area (TPSA) is 25.8 Å². The summed E-state index contributed by atoms with van der Waals surface area (Å²) in [7, 11) is 0.104. The van der Waals surface area contributed by atoms with E-state index in [1.54, 1.807) is 0 Å². The van der Waals surface area contributed by atoms with Crippen LogP contribution in [-0.2, 0) is 15.6 Å². The Kier molecular flexibility index (Phi) is 12.6. The van der Waals surface area contributed by atoms with Gasteiger partial charge in [-0.3, -0.25) is 4.98 Å². The van der Waals surface area contributed by atoms with Gasteiger partial charge in [0.25, 0.3) is 0 Å². The molecule has 0 atom stereocenters. The molecule has 272 valence electrons. The molecule has 2 nitrogen and oxygen atoms in total. The second-order valence-electron chi connectivity index (χ2n) is 13.8. The van der Waals surface area contributed by atoms with Gasteiger partial charge < -0.3 is 4.98 Å². The molecule has 0 bridgehead atoms. The zero-order chi connectivity index (χ0) is 38.3. The van der Waals surface area contributed by atoms with Gasteiger partial charge in [-0.1, -0.05) is 195 Å². The van der Waals surface area contributed by atoms with Gasteiger partial charge in [-0.15, -0.1) is 6.07 Å². The van der Waals surface area contributed by atoms with Gasteiger partial charge in [-0.2, -0.15) is 0 Å². The molecule has 9 aromatic rings. The van der Waals surface area contributed by atoms with Crippen molar-refractivity contribution in [1.29, 1.82) is 0 Å². The van der Waals surface area contributed by atoms with Crippen LogP contribution in [0.3, 0.4) is 0 Å². The van der Waals surface area contributed by atoms with E-state index in [2.05, 4.69) is 219 Å². The minimum atomic E-state index is 0.104. The van der Waals surface area contributed by atoms with Crippen LogP contribution in [0.1, 0.15) is 11.1 Å². The average molecular weight is 933 g/mol. The predicted molar refractivity (Wildman–Crippen MR) is 243 cm³/mol. The molecule has 1 heterocycles. The van der Waals surface area contributed by atoms with Gasteiger partial charge in [0.05, 0.1) is 0 Å². The van der Waals surface area contributed by atoms with E-state index in [1.807, 2.05) is 19.5 Å². The van der Waals surface area contributed by atoms with Gasteiger partial charge in [-0.25, -0.2) is 0 Å². The molecule has 0 unspecified atom stereocenters. The fraction of sp³-hybridized carbons (Fsp3) is 0.0800. The summed E-state index contributed by atoms with van der Waals surface area (Å²) in [5.74, 6) is 0. The van der Waals surface area contributed by atoms with Gasteiger partial charge in [-0.05, 0) is 98.6 Å². The summed E-state index contributed by atoms with van der Waals surface area (Å²) in [5.41, 5.74) is 12.7. The molecule has 0 N–H and O–H groups in total. The Balaban J connectivity index is 0.000000370. The number of fused-ring (bicyclic) bond motifs is 3. The van der Waals surface area contributed by atoms with Crippen LogP contribution in [0.2, 0.25) is 0 Å². The fourth-order valence-corrected chi connectivity index (χ4v) is 7.74. The van der Waals surface area contributed by atoms with Gasteiger partial charge in [0, 0.05) is 5.52 Å². The Hall–Kier alpha value is -4.56. The minimum absolute atomic E-state index is 0.104. The molecule has 0 amide bonds. The van der Waals surface area contributed by atoms with E-state index in [-0.39, 0.29) is 7.92 Å². The summed E-state index contributed by atoms with van der Waals surface area (Å²) in [5, 5.41) is 6.31. The predicted octanol–water partition coefficient (Wildman–Crippen LogP) is 14.0. The third-order valence-corrected chi connectivity index (χ3v) is 11.2. The molecule has 0 aliphatic rings. The van der Waals surface area contributed by atoms with Crippen molar-refractivity contribution in [3.8, 4) is 44.6 Å². The third-order valence-electron chi connectivity index (χ3n) is 9.86. The first kappa shape index (κ1) is 38.7. The molecule has 0 aliphatic carbocycles. The van der Waals surface area contributed by atoms with Crippen molar-refractivity contribution >= 4 is 65.3 Å².